The van der Waals surface area contributed by atoms with Gasteiger partial charge in [0.25, 0.3) is 0 Å². The molecule has 11 heteroatoms. The van der Waals surface area contributed by atoms with Gasteiger partial charge in [0.1, 0.15) is 34.5 Å². The highest BCUT2D eigenvalue weighted by Gasteiger charge is 2.51. The minimum Gasteiger partial charge on any atom is -0.326 e. The Morgan fingerprint density at radius 2 is 1.87 bits per heavy atom. The van der Waals surface area contributed by atoms with E-state index in [0.29, 0.717) is 32.8 Å². The summed E-state index contributed by atoms with van der Waals surface area (Å²) in [5, 5.41) is 8.07. The molecule has 1 N–H and O–H groups in total. The number of pyridine rings is 1. The average molecular weight is 588 g/mol. The first-order chi connectivity index (χ1) is 18.8. The summed E-state index contributed by atoms with van der Waals surface area (Å²) in [6.07, 6.45) is 6.06. The standard InChI is InChI=1S/C28H26BrN7O3/c1-15(37)26-21-11-17(19-12-30-16(2)31-13-19)7-9-22(21)35(34-26)14-25(38)36-20-8-6-18(10-20)27(36)28(39)33-24-5-3-4-23(29)32-24/h3-5,7,9,11-13,18,20,27H,6,8,10,14H2,1-2H3,(H,32,33,39)/t18-,20?,27-/m0/s1. The molecule has 2 bridgehead atoms. The summed E-state index contributed by atoms with van der Waals surface area (Å²) >= 11 is 3.33. The zero-order valence-corrected chi connectivity index (χ0v) is 23.1. The van der Waals surface area contributed by atoms with Gasteiger partial charge in [-0.25, -0.2) is 15.0 Å². The molecule has 0 spiro atoms. The Bertz CT molecular complexity index is 1620. The predicted molar refractivity (Wildman–Crippen MR) is 148 cm³/mol. The lowest BCUT2D eigenvalue weighted by molar-refractivity contribution is -0.141. The number of fused-ring (bicyclic) bond motifs is 3. The van der Waals surface area contributed by atoms with Gasteiger partial charge in [0.2, 0.25) is 11.8 Å². The van der Waals surface area contributed by atoms with Crippen LogP contribution in [0.4, 0.5) is 5.82 Å². The number of rotatable bonds is 6. The van der Waals surface area contributed by atoms with Gasteiger partial charge >= 0.3 is 0 Å². The van der Waals surface area contributed by atoms with Crippen LogP contribution in [0, 0.1) is 12.8 Å². The second-order valence-electron chi connectivity index (χ2n) is 10.1. The van der Waals surface area contributed by atoms with Gasteiger partial charge in [-0.3, -0.25) is 19.1 Å². The van der Waals surface area contributed by atoms with E-state index < -0.39 is 6.04 Å². The molecule has 1 aliphatic heterocycles. The van der Waals surface area contributed by atoms with Crippen LogP contribution < -0.4 is 5.32 Å². The fourth-order valence-corrected chi connectivity index (χ4v) is 6.20. The number of halogens is 1. The van der Waals surface area contributed by atoms with Crippen molar-refractivity contribution in [2.24, 2.45) is 5.92 Å². The Morgan fingerprint density at radius 3 is 2.62 bits per heavy atom. The summed E-state index contributed by atoms with van der Waals surface area (Å²) in [7, 11) is 0. The maximum Gasteiger partial charge on any atom is 0.248 e. The highest BCUT2D eigenvalue weighted by molar-refractivity contribution is 9.10. The molecule has 39 heavy (non-hydrogen) atoms. The number of ketones is 1. The van der Waals surface area contributed by atoms with Gasteiger partial charge in [-0.15, -0.1) is 0 Å². The van der Waals surface area contributed by atoms with E-state index in [1.807, 2.05) is 25.1 Å². The van der Waals surface area contributed by atoms with Gasteiger partial charge in [0, 0.05) is 36.3 Å². The van der Waals surface area contributed by atoms with E-state index in [0.717, 1.165) is 30.4 Å². The van der Waals surface area contributed by atoms with Crippen LogP contribution in [0.2, 0.25) is 0 Å². The van der Waals surface area contributed by atoms with E-state index >= 15 is 0 Å². The Hall–Kier alpha value is -3.99. The average Bonchev–Trinajstić information content (AvgIpc) is 3.62. The molecular weight excluding hydrogens is 562 g/mol. The largest absolute Gasteiger partial charge is 0.326 e. The summed E-state index contributed by atoms with van der Waals surface area (Å²) in [4.78, 5) is 54.1. The van der Waals surface area contributed by atoms with E-state index in [1.165, 1.54) is 6.92 Å². The molecule has 1 unspecified atom stereocenters. The van der Waals surface area contributed by atoms with E-state index in [9.17, 15) is 14.4 Å². The minimum absolute atomic E-state index is 0.0102. The summed E-state index contributed by atoms with van der Waals surface area (Å²) in [5.74, 6) is 0.588. The maximum absolute atomic E-state index is 13.7. The molecule has 1 aromatic carbocycles. The number of hydrogen-bond donors (Lipinski definition) is 1. The molecule has 1 saturated heterocycles. The Labute approximate surface area is 233 Å². The highest BCUT2D eigenvalue weighted by atomic mass is 79.9. The Balaban J connectivity index is 1.29. The molecule has 3 atom stereocenters. The van der Waals surface area contributed by atoms with E-state index in [1.54, 1.807) is 40.2 Å². The quantitative estimate of drug-likeness (QED) is 0.265. The van der Waals surface area contributed by atoms with Gasteiger partial charge < -0.3 is 10.2 Å². The normalized spacial score (nSPS) is 20.0. The number of carbonyl (C=O) groups is 3. The summed E-state index contributed by atoms with van der Waals surface area (Å²) < 4.78 is 2.19. The third-order valence-electron chi connectivity index (χ3n) is 7.59. The first-order valence-corrected chi connectivity index (χ1v) is 13.6. The number of Topliss-reactive ketones (excluding diaryl/α,β-unsaturated/α-hetero) is 1. The molecule has 198 valence electrons. The van der Waals surface area contributed by atoms with E-state index in [4.69, 9.17) is 0 Å². The van der Waals surface area contributed by atoms with E-state index in [-0.39, 0.29) is 36.1 Å². The molecule has 1 saturated carbocycles. The lowest BCUT2D eigenvalue weighted by Crippen LogP contribution is -2.52. The van der Waals surface area contributed by atoms with Crippen LogP contribution in [0.1, 0.15) is 42.5 Å². The predicted octanol–water partition coefficient (Wildman–Crippen LogP) is 4.18. The fourth-order valence-electron chi connectivity index (χ4n) is 5.85. The number of nitrogens with zero attached hydrogens (tertiary/aromatic N) is 6. The second kappa shape index (κ2) is 9.96. The number of benzene rings is 1. The third-order valence-corrected chi connectivity index (χ3v) is 8.03. The monoisotopic (exact) mass is 587 g/mol. The van der Waals surface area contributed by atoms with E-state index in [2.05, 4.69) is 41.3 Å². The van der Waals surface area contributed by atoms with Crippen molar-refractivity contribution in [2.45, 2.75) is 51.7 Å². The number of aromatic nitrogens is 5. The Morgan fingerprint density at radius 1 is 1.08 bits per heavy atom. The van der Waals surface area contributed by atoms with Crippen LogP contribution in [0.3, 0.4) is 0 Å². The Kier molecular flexibility index (Phi) is 6.46. The van der Waals surface area contributed by atoms with Gasteiger partial charge in [0.05, 0.1) is 5.52 Å². The molecule has 6 rings (SSSR count). The minimum atomic E-state index is -0.570. The van der Waals surface area contributed by atoms with Crippen molar-refractivity contribution in [3.05, 3.63) is 64.9 Å². The van der Waals surface area contributed by atoms with Crippen molar-refractivity contribution in [3.8, 4) is 11.1 Å². The van der Waals surface area contributed by atoms with Gasteiger partial charge in [-0.05, 0) is 77.9 Å². The number of nitrogens with one attached hydrogen (secondary N) is 1. The molecule has 2 aliphatic rings. The fraction of sp³-hybridized carbons (Fsp3) is 0.321. The number of carbonyl (C=O) groups excluding carboxylic acids is 3. The number of piperidine rings is 1. The molecule has 0 radical (unpaired) electrons. The van der Waals surface area contributed by atoms with Crippen LogP contribution in [0.5, 0.6) is 0 Å². The zero-order chi connectivity index (χ0) is 27.3. The lowest BCUT2D eigenvalue weighted by Gasteiger charge is -2.34. The van der Waals surface area contributed by atoms with Gasteiger partial charge in [-0.2, -0.15) is 5.10 Å². The highest BCUT2D eigenvalue weighted by Crippen LogP contribution is 2.43. The van der Waals surface area contributed by atoms with Crippen molar-refractivity contribution < 1.29 is 14.4 Å². The van der Waals surface area contributed by atoms with Crippen LogP contribution in [-0.4, -0.2) is 59.3 Å². The smallest absolute Gasteiger partial charge is 0.248 e. The number of anilines is 1. The summed E-state index contributed by atoms with van der Waals surface area (Å²) in [6.45, 7) is 3.21. The zero-order valence-electron chi connectivity index (χ0n) is 21.5. The molecule has 10 nitrogen and oxygen atoms in total. The molecule has 3 aromatic heterocycles. The third kappa shape index (κ3) is 4.71. The van der Waals surface area contributed by atoms with Crippen molar-refractivity contribution >= 4 is 50.2 Å². The van der Waals surface area contributed by atoms with Gasteiger partial charge in [0.15, 0.2) is 5.78 Å². The summed E-state index contributed by atoms with van der Waals surface area (Å²) in [5.41, 5.74) is 2.65. The summed E-state index contributed by atoms with van der Waals surface area (Å²) in [6, 6.07) is 10.4. The number of likely N-dealkylation sites (tertiary alicyclic amines) is 1. The van der Waals surface area contributed by atoms with Crippen molar-refractivity contribution in [2.75, 3.05) is 5.32 Å². The van der Waals surface area contributed by atoms with Crippen molar-refractivity contribution in [3.63, 3.8) is 0 Å². The van der Waals surface area contributed by atoms with Crippen LogP contribution in [0.25, 0.3) is 22.0 Å². The van der Waals surface area contributed by atoms with Gasteiger partial charge in [-0.1, -0.05) is 12.1 Å². The van der Waals surface area contributed by atoms with Crippen molar-refractivity contribution in [1.82, 2.24) is 29.6 Å². The first kappa shape index (κ1) is 25.3. The number of aryl methyl sites for hydroxylation is 1. The van der Waals surface area contributed by atoms with Crippen LogP contribution >= 0.6 is 15.9 Å². The molecule has 2 fully saturated rings. The topological polar surface area (TPSA) is 123 Å². The maximum atomic E-state index is 13.7. The molecule has 4 heterocycles. The first-order valence-electron chi connectivity index (χ1n) is 12.8. The second-order valence-corrected chi connectivity index (χ2v) is 10.9. The van der Waals surface area contributed by atoms with Crippen molar-refractivity contribution in [1.29, 1.82) is 0 Å². The molecule has 4 aromatic rings. The molecule has 1 aliphatic carbocycles. The van der Waals surface area contributed by atoms with Crippen LogP contribution in [0.15, 0.2) is 53.4 Å². The molecule has 2 amide bonds. The molecular formula is C28H26BrN7O3. The number of amides is 2. The van der Waals surface area contributed by atoms with Crippen LogP contribution in [-0.2, 0) is 16.1 Å². The SMILES string of the molecule is CC(=O)c1nn(CC(=O)N2C3CC[C@@H](C3)[C@H]2C(=O)Nc2cccc(Br)n2)c2ccc(-c3cnc(C)nc3)cc12. The number of hydrogen-bond acceptors (Lipinski definition) is 7. The lowest BCUT2D eigenvalue weighted by atomic mass is 9.97.